The summed E-state index contributed by atoms with van der Waals surface area (Å²) in [4.78, 5) is 29.9. The number of benzene rings is 1. The molecule has 0 aliphatic carbocycles. The molecule has 0 radical (unpaired) electrons. The maximum Gasteiger partial charge on any atom is 0.407 e. The van der Waals surface area contributed by atoms with E-state index in [4.69, 9.17) is 5.73 Å². The van der Waals surface area contributed by atoms with Gasteiger partial charge in [0.05, 0.1) is 22.8 Å². The zero-order valence-electron chi connectivity index (χ0n) is 15.4. The third kappa shape index (κ3) is 2.62. The molecule has 1 aromatic heterocycles. The van der Waals surface area contributed by atoms with Gasteiger partial charge in [-0.3, -0.25) is 4.79 Å². The van der Waals surface area contributed by atoms with Crippen molar-refractivity contribution < 1.29 is 19.1 Å². The van der Waals surface area contributed by atoms with Crippen LogP contribution in [0.4, 0.5) is 14.9 Å². The van der Waals surface area contributed by atoms with Crippen molar-refractivity contribution in [3.8, 4) is 0 Å². The first-order chi connectivity index (χ1) is 12.8. The largest absolute Gasteiger partial charge is 0.465 e. The van der Waals surface area contributed by atoms with E-state index in [2.05, 4.69) is 4.98 Å². The van der Waals surface area contributed by atoms with E-state index >= 15 is 4.39 Å². The van der Waals surface area contributed by atoms with Gasteiger partial charge < -0.3 is 25.6 Å². The summed E-state index contributed by atoms with van der Waals surface area (Å²) in [5.74, 6) is -1.00. The van der Waals surface area contributed by atoms with Gasteiger partial charge in [0.25, 0.3) is 5.91 Å². The highest BCUT2D eigenvalue weighted by atomic mass is 19.1. The Morgan fingerprint density at radius 3 is 2.74 bits per heavy atom. The fourth-order valence-corrected chi connectivity index (χ4v) is 4.71. The average molecular weight is 374 g/mol. The second-order valence-electron chi connectivity index (χ2n) is 7.59. The zero-order chi connectivity index (χ0) is 19.5. The van der Waals surface area contributed by atoms with E-state index in [0.717, 1.165) is 24.1 Å². The van der Waals surface area contributed by atoms with E-state index in [9.17, 15) is 14.7 Å². The van der Waals surface area contributed by atoms with E-state index in [1.807, 2.05) is 18.7 Å². The van der Waals surface area contributed by atoms with Gasteiger partial charge in [0.15, 0.2) is 0 Å². The summed E-state index contributed by atoms with van der Waals surface area (Å²) < 4.78 is 15.1. The lowest BCUT2D eigenvalue weighted by Crippen LogP contribution is -2.47. The number of rotatable bonds is 2. The van der Waals surface area contributed by atoms with Gasteiger partial charge in [-0.05, 0) is 44.2 Å². The number of likely N-dealkylation sites (tertiary alicyclic amines) is 1. The number of hydrogen-bond donors (Lipinski definition) is 3. The molecule has 2 unspecified atom stereocenters. The summed E-state index contributed by atoms with van der Waals surface area (Å²) in [6.07, 6.45) is 0.831. The lowest BCUT2D eigenvalue weighted by Gasteiger charge is -2.34. The summed E-state index contributed by atoms with van der Waals surface area (Å²) in [7, 11) is 0. The second kappa shape index (κ2) is 6.14. The van der Waals surface area contributed by atoms with Crippen LogP contribution in [0.1, 0.15) is 34.5 Å². The van der Waals surface area contributed by atoms with Crippen molar-refractivity contribution in [3.05, 3.63) is 28.7 Å². The van der Waals surface area contributed by atoms with E-state index in [-0.39, 0.29) is 17.5 Å². The standard InChI is InChI=1S/C19H23FN4O3/c1-9-10(2)22-16-12(18(21)25)6-13(20)17(15(9)16)23-7-11-4-3-5-24(19(26)27)14(11)8-23/h6,11,14,22H,3-5,7-8H2,1-2H3,(H2,21,25)(H,26,27). The minimum absolute atomic E-state index is 0.131. The first-order valence-electron chi connectivity index (χ1n) is 9.15. The first kappa shape index (κ1) is 17.6. The van der Waals surface area contributed by atoms with Crippen LogP contribution in [0.5, 0.6) is 0 Å². The zero-order valence-corrected chi connectivity index (χ0v) is 15.4. The number of aryl methyl sites for hydroxylation is 2. The van der Waals surface area contributed by atoms with Crippen molar-refractivity contribution in [2.24, 2.45) is 11.7 Å². The number of carbonyl (C=O) groups is 2. The Kier molecular flexibility index (Phi) is 4.01. The third-order valence-corrected chi connectivity index (χ3v) is 6.11. The SMILES string of the molecule is Cc1[nH]c2c(C(N)=O)cc(F)c(N3CC4CCCN(C(=O)O)C4C3)c2c1C. The van der Waals surface area contributed by atoms with Gasteiger partial charge in [-0.15, -0.1) is 0 Å². The fraction of sp³-hybridized carbons (Fsp3) is 0.474. The minimum atomic E-state index is -0.921. The fourth-order valence-electron chi connectivity index (χ4n) is 4.71. The summed E-state index contributed by atoms with van der Waals surface area (Å²) in [5.41, 5.74) is 8.26. The molecule has 144 valence electrons. The Morgan fingerprint density at radius 1 is 1.33 bits per heavy atom. The van der Waals surface area contributed by atoms with Gasteiger partial charge in [0.1, 0.15) is 5.82 Å². The normalized spacial score (nSPS) is 22.3. The minimum Gasteiger partial charge on any atom is -0.465 e. The third-order valence-electron chi connectivity index (χ3n) is 6.11. The molecule has 2 amide bonds. The van der Waals surface area contributed by atoms with E-state index in [1.165, 1.54) is 11.0 Å². The maximum atomic E-state index is 15.1. The van der Waals surface area contributed by atoms with Crippen molar-refractivity contribution in [1.82, 2.24) is 9.88 Å². The van der Waals surface area contributed by atoms with Crippen molar-refractivity contribution in [1.29, 1.82) is 0 Å². The van der Waals surface area contributed by atoms with Crippen molar-refractivity contribution in [2.45, 2.75) is 32.7 Å². The number of nitrogens with two attached hydrogens (primary N) is 1. The van der Waals surface area contributed by atoms with Crippen LogP contribution < -0.4 is 10.6 Å². The predicted molar refractivity (Wildman–Crippen MR) is 99.7 cm³/mol. The Labute approximate surface area is 155 Å². The second-order valence-corrected chi connectivity index (χ2v) is 7.59. The number of anilines is 1. The van der Waals surface area contributed by atoms with Crippen LogP contribution >= 0.6 is 0 Å². The number of carbonyl (C=O) groups excluding carboxylic acids is 1. The van der Waals surface area contributed by atoms with Crippen molar-refractivity contribution in [2.75, 3.05) is 24.5 Å². The predicted octanol–water partition coefficient (Wildman–Crippen LogP) is 2.60. The molecule has 27 heavy (non-hydrogen) atoms. The van der Waals surface area contributed by atoms with Crippen LogP contribution in [0.25, 0.3) is 10.9 Å². The topological polar surface area (TPSA) is 103 Å². The molecule has 3 heterocycles. The lowest BCUT2D eigenvalue weighted by molar-refractivity contribution is 0.0963. The molecule has 2 atom stereocenters. The number of fused-ring (bicyclic) bond motifs is 2. The first-order valence-corrected chi connectivity index (χ1v) is 9.15. The maximum absolute atomic E-state index is 15.1. The number of piperidine rings is 1. The molecular formula is C19H23FN4O3. The molecule has 0 bridgehead atoms. The average Bonchev–Trinajstić information content (AvgIpc) is 3.16. The van der Waals surface area contributed by atoms with E-state index in [0.29, 0.717) is 36.2 Å². The van der Waals surface area contributed by atoms with Gasteiger partial charge in [-0.25, -0.2) is 9.18 Å². The number of nitrogens with zero attached hydrogens (tertiary/aromatic N) is 2. The highest BCUT2D eigenvalue weighted by Gasteiger charge is 2.42. The van der Waals surface area contributed by atoms with Crippen LogP contribution in [0, 0.1) is 25.6 Å². The Bertz CT molecular complexity index is 954. The molecule has 4 rings (SSSR count). The Morgan fingerprint density at radius 2 is 2.07 bits per heavy atom. The number of hydrogen-bond acceptors (Lipinski definition) is 3. The number of nitrogens with one attached hydrogen (secondary N) is 1. The highest BCUT2D eigenvalue weighted by molar-refractivity contribution is 6.10. The summed E-state index contributed by atoms with van der Waals surface area (Å²) in [6.45, 7) is 5.32. The summed E-state index contributed by atoms with van der Waals surface area (Å²) in [6, 6.07) is 1.05. The van der Waals surface area contributed by atoms with Crippen LogP contribution in [0.3, 0.4) is 0 Å². The Hall–Kier alpha value is -2.77. The van der Waals surface area contributed by atoms with Crippen LogP contribution in [0.15, 0.2) is 6.07 Å². The number of H-pyrrole nitrogens is 1. The van der Waals surface area contributed by atoms with Crippen LogP contribution in [0.2, 0.25) is 0 Å². The molecule has 7 nitrogen and oxygen atoms in total. The number of halogens is 1. The highest BCUT2D eigenvalue weighted by Crippen LogP contribution is 2.40. The number of aromatic nitrogens is 1. The molecule has 8 heteroatoms. The molecule has 2 aliphatic rings. The lowest BCUT2D eigenvalue weighted by atomic mass is 9.92. The van der Waals surface area contributed by atoms with Gasteiger partial charge >= 0.3 is 6.09 Å². The molecule has 4 N–H and O–H groups in total. The quantitative estimate of drug-likeness (QED) is 0.752. The molecule has 1 aromatic carbocycles. The van der Waals surface area contributed by atoms with Gasteiger partial charge in [0.2, 0.25) is 0 Å². The number of carboxylic acid groups (broad SMARTS) is 1. The molecular weight excluding hydrogens is 351 g/mol. The van der Waals surface area contributed by atoms with Gasteiger partial charge in [-0.2, -0.15) is 0 Å². The summed E-state index contributed by atoms with van der Waals surface area (Å²) in [5, 5.41) is 10.1. The van der Waals surface area contributed by atoms with E-state index in [1.54, 1.807) is 0 Å². The van der Waals surface area contributed by atoms with Gasteiger partial charge in [-0.1, -0.05) is 0 Å². The molecule has 2 aromatic rings. The van der Waals surface area contributed by atoms with Crippen LogP contribution in [-0.2, 0) is 0 Å². The molecule has 0 saturated carbocycles. The van der Waals surface area contributed by atoms with E-state index < -0.39 is 17.8 Å². The van der Waals surface area contributed by atoms with Crippen molar-refractivity contribution in [3.63, 3.8) is 0 Å². The number of amides is 2. The number of primary amides is 1. The molecule has 2 fully saturated rings. The van der Waals surface area contributed by atoms with Crippen molar-refractivity contribution >= 4 is 28.6 Å². The summed E-state index contributed by atoms with van der Waals surface area (Å²) >= 11 is 0. The molecule has 2 aliphatic heterocycles. The molecule has 0 spiro atoms. The monoisotopic (exact) mass is 374 g/mol. The van der Waals surface area contributed by atoms with Crippen LogP contribution in [-0.4, -0.2) is 52.7 Å². The van der Waals surface area contributed by atoms with Gasteiger partial charge in [0, 0.05) is 30.7 Å². The number of aromatic amines is 1. The Balaban J connectivity index is 1.83. The smallest absolute Gasteiger partial charge is 0.407 e. The molecule has 2 saturated heterocycles.